The highest BCUT2D eigenvalue weighted by molar-refractivity contribution is 5.82. The lowest BCUT2D eigenvalue weighted by molar-refractivity contribution is 0.415. The van der Waals surface area contributed by atoms with E-state index < -0.39 is 0 Å². The lowest BCUT2D eigenvalue weighted by atomic mass is 10.2. The van der Waals surface area contributed by atoms with E-state index in [0.29, 0.717) is 0 Å². The number of para-hydroxylation sites is 3. The largest absolute Gasteiger partial charge is 0.497 e. The molecule has 1 fully saturated rings. The standard InChI is InChI=1S/C29H29N7O/c1-21-20-27(36(33-21)23-8-4-3-5-9-23)32-28-29(31-26-11-7-6-10-25(26)30-28)35-18-16-34(17-19-35)22-12-14-24(37-2)15-13-22/h3-15,20H,16-19H2,1-2H3,(H,30,32). The van der Waals surface area contributed by atoms with Crippen molar-refractivity contribution in [3.8, 4) is 11.4 Å². The van der Waals surface area contributed by atoms with Crippen LogP contribution < -0.4 is 19.9 Å². The van der Waals surface area contributed by atoms with Gasteiger partial charge in [0.25, 0.3) is 0 Å². The minimum atomic E-state index is 0.730. The minimum absolute atomic E-state index is 0.730. The SMILES string of the molecule is COc1ccc(N2CCN(c3nc4ccccc4nc3Nc3cc(C)nn3-c3ccccc3)CC2)cc1. The lowest BCUT2D eigenvalue weighted by Gasteiger charge is -2.37. The Hall–Kier alpha value is -4.59. The molecule has 0 atom stereocenters. The summed E-state index contributed by atoms with van der Waals surface area (Å²) in [6.07, 6.45) is 0. The molecule has 0 amide bonds. The molecule has 1 aliphatic rings. The number of nitrogens with one attached hydrogen (secondary N) is 1. The Kier molecular flexibility index (Phi) is 6.06. The Morgan fingerprint density at radius 3 is 2.08 bits per heavy atom. The molecule has 5 aromatic rings. The van der Waals surface area contributed by atoms with E-state index in [9.17, 15) is 0 Å². The Morgan fingerprint density at radius 2 is 1.38 bits per heavy atom. The lowest BCUT2D eigenvalue weighted by Crippen LogP contribution is -2.47. The van der Waals surface area contributed by atoms with Crippen LogP contribution in [0.2, 0.25) is 0 Å². The van der Waals surface area contributed by atoms with Crippen LogP contribution in [0.25, 0.3) is 16.7 Å². The molecule has 6 rings (SSSR count). The average Bonchev–Trinajstić information content (AvgIpc) is 3.33. The first-order chi connectivity index (χ1) is 18.2. The first-order valence-electron chi connectivity index (χ1n) is 12.5. The summed E-state index contributed by atoms with van der Waals surface area (Å²) < 4.78 is 7.23. The zero-order chi connectivity index (χ0) is 25.2. The van der Waals surface area contributed by atoms with Gasteiger partial charge in [0.15, 0.2) is 11.6 Å². The highest BCUT2D eigenvalue weighted by atomic mass is 16.5. The van der Waals surface area contributed by atoms with Gasteiger partial charge in [-0.2, -0.15) is 5.10 Å². The number of aromatic nitrogens is 4. The van der Waals surface area contributed by atoms with Gasteiger partial charge >= 0.3 is 0 Å². The predicted octanol–water partition coefficient (Wildman–Crippen LogP) is 5.20. The molecule has 186 valence electrons. The van der Waals surface area contributed by atoms with Crippen LogP contribution in [-0.4, -0.2) is 53.0 Å². The van der Waals surface area contributed by atoms with E-state index >= 15 is 0 Å². The van der Waals surface area contributed by atoms with Gasteiger partial charge in [0.1, 0.15) is 11.6 Å². The first-order valence-corrected chi connectivity index (χ1v) is 12.5. The van der Waals surface area contributed by atoms with Gasteiger partial charge in [0.2, 0.25) is 0 Å². The summed E-state index contributed by atoms with van der Waals surface area (Å²) >= 11 is 0. The van der Waals surface area contributed by atoms with Crippen molar-refractivity contribution in [2.45, 2.75) is 6.92 Å². The van der Waals surface area contributed by atoms with Crippen molar-refractivity contribution in [1.82, 2.24) is 19.7 Å². The fourth-order valence-corrected chi connectivity index (χ4v) is 4.74. The van der Waals surface area contributed by atoms with Gasteiger partial charge < -0.3 is 19.9 Å². The van der Waals surface area contributed by atoms with Crippen LogP contribution >= 0.6 is 0 Å². The molecule has 0 unspecified atom stereocenters. The molecule has 0 aliphatic carbocycles. The van der Waals surface area contributed by atoms with Crippen LogP contribution in [0.5, 0.6) is 5.75 Å². The predicted molar refractivity (Wildman–Crippen MR) is 149 cm³/mol. The number of benzene rings is 3. The smallest absolute Gasteiger partial charge is 0.175 e. The second-order valence-electron chi connectivity index (χ2n) is 9.10. The minimum Gasteiger partial charge on any atom is -0.497 e. The molecule has 2 aromatic heterocycles. The zero-order valence-corrected chi connectivity index (χ0v) is 21.0. The molecule has 37 heavy (non-hydrogen) atoms. The molecule has 0 bridgehead atoms. The van der Waals surface area contributed by atoms with Crippen molar-refractivity contribution in [2.75, 3.05) is 48.4 Å². The summed E-state index contributed by atoms with van der Waals surface area (Å²) in [5, 5.41) is 8.28. The molecule has 8 nitrogen and oxygen atoms in total. The maximum absolute atomic E-state index is 5.31. The zero-order valence-electron chi connectivity index (χ0n) is 21.0. The van der Waals surface area contributed by atoms with Crippen molar-refractivity contribution in [3.05, 3.63) is 90.6 Å². The molecule has 1 saturated heterocycles. The van der Waals surface area contributed by atoms with Crippen LogP contribution in [0.3, 0.4) is 0 Å². The molecule has 3 aromatic carbocycles. The Morgan fingerprint density at radius 1 is 0.730 bits per heavy atom. The molecule has 1 aliphatic heterocycles. The molecular weight excluding hydrogens is 462 g/mol. The molecule has 1 N–H and O–H groups in total. The number of anilines is 4. The van der Waals surface area contributed by atoms with Crippen molar-refractivity contribution in [1.29, 1.82) is 0 Å². The highest BCUT2D eigenvalue weighted by Gasteiger charge is 2.23. The monoisotopic (exact) mass is 491 g/mol. The maximum Gasteiger partial charge on any atom is 0.175 e. The van der Waals surface area contributed by atoms with Gasteiger partial charge in [-0.25, -0.2) is 14.6 Å². The Labute approximate surface area is 216 Å². The molecule has 8 heteroatoms. The van der Waals surface area contributed by atoms with E-state index in [2.05, 4.69) is 27.2 Å². The third-order valence-electron chi connectivity index (χ3n) is 6.65. The number of piperazine rings is 1. The van der Waals surface area contributed by atoms with Gasteiger partial charge in [-0.3, -0.25) is 0 Å². The number of methoxy groups -OCH3 is 1. The van der Waals surface area contributed by atoms with E-state index in [1.807, 2.05) is 84.4 Å². The van der Waals surface area contributed by atoms with Crippen molar-refractivity contribution < 1.29 is 4.74 Å². The normalized spacial score (nSPS) is 13.7. The number of rotatable bonds is 6. The van der Waals surface area contributed by atoms with Gasteiger partial charge in [0, 0.05) is 37.9 Å². The van der Waals surface area contributed by atoms with Crippen molar-refractivity contribution in [3.63, 3.8) is 0 Å². The van der Waals surface area contributed by atoms with Crippen LogP contribution in [0.4, 0.5) is 23.1 Å². The molecule has 0 radical (unpaired) electrons. The van der Waals surface area contributed by atoms with E-state index in [4.69, 9.17) is 19.8 Å². The maximum atomic E-state index is 5.31. The van der Waals surface area contributed by atoms with Crippen LogP contribution in [0.1, 0.15) is 5.69 Å². The van der Waals surface area contributed by atoms with Gasteiger partial charge in [0.05, 0.1) is 29.5 Å². The fourth-order valence-electron chi connectivity index (χ4n) is 4.74. The van der Waals surface area contributed by atoms with E-state index in [-0.39, 0.29) is 0 Å². The number of nitrogens with zero attached hydrogens (tertiary/aromatic N) is 6. The van der Waals surface area contributed by atoms with Crippen LogP contribution in [0.15, 0.2) is 84.9 Å². The van der Waals surface area contributed by atoms with Gasteiger partial charge in [-0.05, 0) is 55.5 Å². The number of ether oxygens (including phenoxy) is 1. The number of fused-ring (bicyclic) bond motifs is 1. The molecular formula is C29H29N7O. The second kappa shape index (κ2) is 9.81. The summed E-state index contributed by atoms with van der Waals surface area (Å²) in [4.78, 5) is 14.8. The third-order valence-corrected chi connectivity index (χ3v) is 6.65. The summed E-state index contributed by atoms with van der Waals surface area (Å²) in [7, 11) is 1.69. The molecule has 0 saturated carbocycles. The number of hydrogen-bond acceptors (Lipinski definition) is 7. The average molecular weight is 492 g/mol. The van der Waals surface area contributed by atoms with Crippen molar-refractivity contribution in [2.24, 2.45) is 0 Å². The summed E-state index contributed by atoms with van der Waals surface area (Å²) in [5.41, 5.74) is 4.85. The Bertz CT molecular complexity index is 1510. The van der Waals surface area contributed by atoms with Crippen molar-refractivity contribution >= 4 is 34.2 Å². The summed E-state index contributed by atoms with van der Waals surface area (Å²) in [6, 6.07) is 28.4. The summed E-state index contributed by atoms with van der Waals surface area (Å²) in [6.45, 7) is 5.45. The number of aryl methyl sites for hydroxylation is 1. The van der Waals surface area contributed by atoms with Gasteiger partial charge in [-0.1, -0.05) is 30.3 Å². The van der Waals surface area contributed by atoms with Crippen LogP contribution in [-0.2, 0) is 0 Å². The molecule has 3 heterocycles. The van der Waals surface area contributed by atoms with E-state index in [0.717, 1.165) is 71.8 Å². The Balaban J connectivity index is 1.31. The fraction of sp³-hybridized carbons (Fsp3) is 0.207. The summed E-state index contributed by atoms with van der Waals surface area (Å²) in [5.74, 6) is 3.31. The third kappa shape index (κ3) is 4.65. The topological polar surface area (TPSA) is 71.3 Å². The quantitative estimate of drug-likeness (QED) is 0.350. The second-order valence-corrected chi connectivity index (χ2v) is 9.10. The number of hydrogen-bond donors (Lipinski definition) is 1. The first kappa shape index (κ1) is 22.8. The van der Waals surface area contributed by atoms with E-state index in [1.54, 1.807) is 7.11 Å². The molecule has 0 spiro atoms. The van der Waals surface area contributed by atoms with E-state index in [1.165, 1.54) is 5.69 Å². The highest BCUT2D eigenvalue weighted by Crippen LogP contribution is 2.31. The van der Waals surface area contributed by atoms with Gasteiger partial charge in [-0.15, -0.1) is 0 Å². The van der Waals surface area contributed by atoms with Crippen LogP contribution in [0, 0.1) is 6.92 Å².